The minimum Gasteiger partial charge on any atom is -0.451 e. The van der Waals surface area contributed by atoms with Crippen LogP contribution in [0.15, 0.2) is 48.1 Å². The number of anilines is 1. The second kappa shape index (κ2) is 9.47. The highest BCUT2D eigenvalue weighted by Crippen LogP contribution is 2.22. The lowest BCUT2D eigenvalue weighted by Crippen LogP contribution is -2.43. The summed E-state index contributed by atoms with van der Waals surface area (Å²) in [6.45, 7) is 0.531. The van der Waals surface area contributed by atoms with Gasteiger partial charge in [-0.1, -0.05) is 18.2 Å². The molecule has 2 aromatic heterocycles. The van der Waals surface area contributed by atoms with Gasteiger partial charge in [-0.25, -0.2) is 4.79 Å². The van der Waals surface area contributed by atoms with Crippen LogP contribution in [0.2, 0.25) is 0 Å². The van der Waals surface area contributed by atoms with Gasteiger partial charge in [-0.3, -0.25) is 9.59 Å². The fraction of sp³-hybridized carbons (Fsp3) is 0.300. The first kappa shape index (κ1) is 20.7. The molecule has 0 saturated carbocycles. The summed E-state index contributed by atoms with van der Waals surface area (Å²) in [5.41, 5.74) is 1.25. The van der Waals surface area contributed by atoms with Crippen LogP contribution in [0.3, 0.4) is 0 Å². The van der Waals surface area contributed by atoms with Crippen molar-refractivity contribution in [2.45, 2.75) is 12.8 Å². The number of likely N-dealkylation sites (tertiary alicyclic amines) is 1. The number of amides is 2. The topological polar surface area (TPSA) is 119 Å². The number of thiophene rings is 1. The van der Waals surface area contributed by atoms with Crippen molar-refractivity contribution in [3.05, 3.63) is 53.0 Å². The van der Waals surface area contributed by atoms with Gasteiger partial charge in [-0.15, -0.1) is 16.4 Å². The van der Waals surface area contributed by atoms with E-state index in [1.54, 1.807) is 16.3 Å². The summed E-state index contributed by atoms with van der Waals surface area (Å²) in [5, 5.41) is 15.5. The van der Waals surface area contributed by atoms with Gasteiger partial charge in [0.25, 0.3) is 5.91 Å². The van der Waals surface area contributed by atoms with Crippen LogP contribution in [0.4, 0.5) is 5.69 Å². The van der Waals surface area contributed by atoms with Gasteiger partial charge in [-0.05, 0) is 46.8 Å². The molecular formula is C20H20N6O4S. The van der Waals surface area contributed by atoms with Crippen molar-refractivity contribution in [1.82, 2.24) is 25.1 Å². The molecule has 31 heavy (non-hydrogen) atoms. The lowest BCUT2D eigenvalue weighted by Gasteiger charge is -2.31. The van der Waals surface area contributed by atoms with Crippen LogP contribution >= 0.6 is 11.3 Å². The number of hydrogen-bond donors (Lipinski definition) is 1. The third-order valence-electron chi connectivity index (χ3n) is 5.01. The number of carbonyl (C=O) groups excluding carboxylic acids is 3. The standard InChI is InChI=1S/C20H20N6O4S/c27-17(12-30-20(29)18-16(8-11-31-18)26-13-21-23-24-26)25-9-6-14(7-10-25)19(28)22-15-4-2-1-3-5-15/h1-5,8,11,13-14H,6-7,9-10,12H2,(H,22,28). The Hall–Kier alpha value is -3.60. The van der Waals surface area contributed by atoms with Crippen LogP contribution < -0.4 is 5.32 Å². The Bertz CT molecular complexity index is 1040. The maximum atomic E-state index is 12.5. The Balaban J connectivity index is 1.25. The molecule has 0 radical (unpaired) electrons. The molecule has 1 aromatic carbocycles. The number of benzene rings is 1. The zero-order valence-electron chi connectivity index (χ0n) is 16.5. The normalized spacial score (nSPS) is 14.3. The van der Waals surface area contributed by atoms with E-state index in [0.717, 1.165) is 5.69 Å². The average molecular weight is 440 g/mol. The van der Waals surface area contributed by atoms with Crippen LogP contribution in [-0.4, -0.2) is 62.6 Å². The summed E-state index contributed by atoms with van der Waals surface area (Å²) >= 11 is 1.19. The number of para-hydroxylation sites is 1. The second-order valence-corrected chi connectivity index (χ2v) is 7.89. The van der Waals surface area contributed by atoms with E-state index in [1.807, 2.05) is 30.3 Å². The van der Waals surface area contributed by atoms with E-state index in [4.69, 9.17) is 4.74 Å². The maximum absolute atomic E-state index is 12.5. The molecule has 1 saturated heterocycles. The molecule has 10 nitrogen and oxygen atoms in total. The molecular weight excluding hydrogens is 420 g/mol. The Morgan fingerprint density at radius 3 is 2.61 bits per heavy atom. The number of piperidine rings is 1. The van der Waals surface area contributed by atoms with Crippen molar-refractivity contribution in [3.63, 3.8) is 0 Å². The first-order valence-corrected chi connectivity index (χ1v) is 10.6. The molecule has 0 atom stereocenters. The number of hydrogen-bond acceptors (Lipinski definition) is 8. The van der Waals surface area contributed by atoms with Crippen molar-refractivity contribution in [1.29, 1.82) is 0 Å². The molecule has 1 fully saturated rings. The SMILES string of the molecule is O=C(OCC(=O)N1CCC(C(=O)Nc2ccccc2)CC1)c1sccc1-n1cnnn1. The minimum absolute atomic E-state index is 0.0439. The van der Waals surface area contributed by atoms with E-state index in [-0.39, 0.29) is 24.3 Å². The molecule has 0 unspecified atom stereocenters. The highest BCUT2D eigenvalue weighted by atomic mass is 32.1. The van der Waals surface area contributed by atoms with E-state index in [9.17, 15) is 14.4 Å². The quantitative estimate of drug-likeness (QED) is 0.580. The molecule has 11 heteroatoms. The molecule has 1 N–H and O–H groups in total. The largest absolute Gasteiger partial charge is 0.451 e. The number of esters is 1. The first-order valence-electron chi connectivity index (χ1n) is 9.73. The van der Waals surface area contributed by atoms with E-state index < -0.39 is 5.97 Å². The summed E-state index contributed by atoms with van der Waals surface area (Å²) in [4.78, 5) is 39.2. The third kappa shape index (κ3) is 4.94. The van der Waals surface area contributed by atoms with Gasteiger partial charge in [0.05, 0.1) is 5.69 Å². The van der Waals surface area contributed by atoms with Gasteiger partial charge >= 0.3 is 5.97 Å². The minimum atomic E-state index is -0.606. The predicted molar refractivity (Wildman–Crippen MR) is 112 cm³/mol. The van der Waals surface area contributed by atoms with E-state index in [2.05, 4.69) is 20.8 Å². The van der Waals surface area contributed by atoms with Crippen LogP contribution in [0, 0.1) is 5.92 Å². The highest BCUT2D eigenvalue weighted by Gasteiger charge is 2.28. The van der Waals surface area contributed by atoms with Crippen molar-refractivity contribution in [2.75, 3.05) is 25.0 Å². The molecule has 4 rings (SSSR count). The summed E-state index contributed by atoms with van der Waals surface area (Å²) in [5.74, 6) is -1.09. The van der Waals surface area contributed by atoms with Crippen molar-refractivity contribution < 1.29 is 19.1 Å². The average Bonchev–Trinajstić information content (AvgIpc) is 3.50. The number of rotatable bonds is 6. The Kier molecular flexibility index (Phi) is 6.32. The predicted octanol–water partition coefficient (Wildman–Crippen LogP) is 1.76. The van der Waals surface area contributed by atoms with Crippen LogP contribution in [0.25, 0.3) is 5.69 Å². The van der Waals surface area contributed by atoms with Gasteiger partial charge in [0, 0.05) is 24.7 Å². The summed E-state index contributed by atoms with van der Waals surface area (Å²) in [6, 6.07) is 11.0. The molecule has 3 aromatic rings. The van der Waals surface area contributed by atoms with E-state index in [0.29, 0.717) is 36.5 Å². The Labute approximate surface area is 181 Å². The fourth-order valence-corrected chi connectivity index (χ4v) is 4.12. The lowest BCUT2D eigenvalue weighted by molar-refractivity contribution is -0.137. The van der Waals surface area contributed by atoms with E-state index in [1.165, 1.54) is 22.3 Å². The van der Waals surface area contributed by atoms with Crippen LogP contribution in [0.1, 0.15) is 22.5 Å². The van der Waals surface area contributed by atoms with Gasteiger partial charge in [0.15, 0.2) is 6.61 Å². The maximum Gasteiger partial charge on any atom is 0.351 e. The lowest BCUT2D eigenvalue weighted by atomic mass is 9.95. The number of ether oxygens (including phenoxy) is 1. The van der Waals surface area contributed by atoms with Gasteiger partial charge in [0.1, 0.15) is 11.2 Å². The second-order valence-electron chi connectivity index (χ2n) is 6.98. The summed E-state index contributed by atoms with van der Waals surface area (Å²) < 4.78 is 6.57. The Morgan fingerprint density at radius 2 is 1.90 bits per heavy atom. The number of aromatic nitrogens is 4. The molecule has 0 aliphatic carbocycles. The van der Waals surface area contributed by atoms with Crippen molar-refractivity contribution in [3.8, 4) is 5.69 Å². The van der Waals surface area contributed by atoms with Crippen molar-refractivity contribution >= 4 is 34.8 Å². The van der Waals surface area contributed by atoms with Gasteiger partial charge < -0.3 is 15.0 Å². The zero-order valence-corrected chi connectivity index (χ0v) is 17.3. The van der Waals surface area contributed by atoms with Crippen LogP contribution in [0.5, 0.6) is 0 Å². The van der Waals surface area contributed by atoms with E-state index >= 15 is 0 Å². The first-order chi connectivity index (χ1) is 15.1. The molecule has 0 spiro atoms. The zero-order chi connectivity index (χ0) is 21.6. The number of carbonyl (C=O) groups is 3. The van der Waals surface area contributed by atoms with Crippen LogP contribution in [-0.2, 0) is 14.3 Å². The number of nitrogens with one attached hydrogen (secondary N) is 1. The molecule has 1 aliphatic rings. The molecule has 2 amide bonds. The van der Waals surface area contributed by atoms with Crippen molar-refractivity contribution in [2.24, 2.45) is 5.92 Å². The van der Waals surface area contributed by atoms with Gasteiger partial charge in [-0.2, -0.15) is 4.68 Å². The smallest absolute Gasteiger partial charge is 0.351 e. The number of nitrogens with zero attached hydrogens (tertiary/aromatic N) is 5. The monoisotopic (exact) mass is 440 g/mol. The number of tetrazole rings is 1. The molecule has 3 heterocycles. The fourth-order valence-electron chi connectivity index (χ4n) is 3.35. The molecule has 1 aliphatic heterocycles. The summed E-state index contributed by atoms with van der Waals surface area (Å²) in [6.07, 6.45) is 2.50. The van der Waals surface area contributed by atoms with Gasteiger partial charge in [0.2, 0.25) is 5.91 Å². The third-order valence-corrected chi connectivity index (χ3v) is 5.90. The summed E-state index contributed by atoms with van der Waals surface area (Å²) in [7, 11) is 0. The molecule has 0 bridgehead atoms. The molecule has 160 valence electrons. The Morgan fingerprint density at radius 1 is 1.13 bits per heavy atom. The highest BCUT2D eigenvalue weighted by molar-refractivity contribution is 7.12.